The van der Waals surface area contributed by atoms with Crippen LogP contribution in [0.25, 0.3) is 10.9 Å². The standard InChI is InChI=1S/C19H22N2/c1-14(21-15(2)16-8-4-3-5-9-16)12-17-13-20-19-11-7-6-10-18(17)19/h3-11,13-15,20-21H,12H2,1-2H3/t14-,15-/m1/s1. The fraction of sp³-hybridized carbons (Fsp3) is 0.263. The molecule has 2 aromatic carbocycles. The molecule has 0 fully saturated rings. The van der Waals surface area contributed by atoms with Gasteiger partial charge in [0.05, 0.1) is 0 Å². The van der Waals surface area contributed by atoms with Gasteiger partial charge in [-0.3, -0.25) is 0 Å². The third-order valence-corrected chi connectivity index (χ3v) is 4.04. The Labute approximate surface area is 126 Å². The van der Waals surface area contributed by atoms with E-state index in [9.17, 15) is 0 Å². The Hall–Kier alpha value is -2.06. The highest BCUT2D eigenvalue weighted by molar-refractivity contribution is 5.83. The molecule has 0 unspecified atom stereocenters. The lowest BCUT2D eigenvalue weighted by Gasteiger charge is -2.20. The largest absolute Gasteiger partial charge is 0.361 e. The molecule has 0 bridgehead atoms. The molecule has 0 spiro atoms. The average molecular weight is 278 g/mol. The first-order valence-corrected chi connectivity index (χ1v) is 7.60. The number of aromatic amines is 1. The van der Waals surface area contributed by atoms with Crippen molar-refractivity contribution in [3.8, 4) is 0 Å². The van der Waals surface area contributed by atoms with Gasteiger partial charge in [-0.25, -0.2) is 0 Å². The summed E-state index contributed by atoms with van der Waals surface area (Å²) in [7, 11) is 0. The van der Waals surface area contributed by atoms with E-state index in [1.54, 1.807) is 0 Å². The van der Waals surface area contributed by atoms with E-state index < -0.39 is 0 Å². The Balaban J connectivity index is 1.68. The van der Waals surface area contributed by atoms with Crippen LogP contribution in [0.2, 0.25) is 0 Å². The van der Waals surface area contributed by atoms with Crippen LogP contribution in [0.4, 0.5) is 0 Å². The lowest BCUT2D eigenvalue weighted by Crippen LogP contribution is -2.30. The van der Waals surface area contributed by atoms with Crippen LogP contribution in [0.3, 0.4) is 0 Å². The maximum Gasteiger partial charge on any atom is 0.0456 e. The molecule has 3 rings (SSSR count). The van der Waals surface area contributed by atoms with Crippen molar-refractivity contribution in [3.05, 3.63) is 71.9 Å². The number of nitrogens with one attached hydrogen (secondary N) is 2. The van der Waals surface area contributed by atoms with E-state index in [2.05, 4.69) is 84.9 Å². The van der Waals surface area contributed by atoms with Crippen LogP contribution in [0, 0.1) is 0 Å². The molecule has 2 atom stereocenters. The zero-order chi connectivity index (χ0) is 14.7. The third-order valence-electron chi connectivity index (χ3n) is 4.04. The first kappa shape index (κ1) is 13.9. The fourth-order valence-corrected chi connectivity index (χ4v) is 2.95. The Morgan fingerprint density at radius 2 is 1.67 bits per heavy atom. The summed E-state index contributed by atoms with van der Waals surface area (Å²) in [5.41, 5.74) is 3.94. The minimum atomic E-state index is 0.367. The van der Waals surface area contributed by atoms with Crippen LogP contribution in [-0.2, 0) is 6.42 Å². The lowest BCUT2D eigenvalue weighted by atomic mass is 10.0. The molecule has 108 valence electrons. The van der Waals surface area contributed by atoms with Crippen LogP contribution in [-0.4, -0.2) is 11.0 Å². The summed E-state index contributed by atoms with van der Waals surface area (Å²) in [6.45, 7) is 4.47. The first-order chi connectivity index (χ1) is 10.2. The smallest absolute Gasteiger partial charge is 0.0456 e. The first-order valence-electron chi connectivity index (χ1n) is 7.60. The van der Waals surface area contributed by atoms with Crippen LogP contribution in [0.5, 0.6) is 0 Å². The molecule has 2 nitrogen and oxygen atoms in total. The lowest BCUT2D eigenvalue weighted by molar-refractivity contribution is 0.478. The van der Waals surface area contributed by atoms with Gasteiger partial charge in [0.2, 0.25) is 0 Å². The van der Waals surface area contributed by atoms with Gasteiger partial charge >= 0.3 is 0 Å². The second-order valence-corrected chi connectivity index (χ2v) is 5.76. The minimum Gasteiger partial charge on any atom is -0.361 e. The predicted molar refractivity (Wildman–Crippen MR) is 89.5 cm³/mol. The monoisotopic (exact) mass is 278 g/mol. The van der Waals surface area contributed by atoms with E-state index in [-0.39, 0.29) is 0 Å². The zero-order valence-electron chi connectivity index (χ0n) is 12.6. The Morgan fingerprint density at radius 1 is 0.952 bits per heavy atom. The summed E-state index contributed by atoms with van der Waals surface area (Å²) in [5, 5.41) is 5.02. The van der Waals surface area contributed by atoms with Crippen LogP contribution in [0.15, 0.2) is 60.8 Å². The van der Waals surface area contributed by atoms with Crippen molar-refractivity contribution in [2.24, 2.45) is 0 Å². The number of aromatic nitrogens is 1. The number of hydrogen-bond donors (Lipinski definition) is 2. The van der Waals surface area contributed by atoms with E-state index in [1.807, 2.05) is 0 Å². The molecule has 0 saturated heterocycles. The number of benzene rings is 2. The Morgan fingerprint density at radius 3 is 2.48 bits per heavy atom. The number of fused-ring (bicyclic) bond motifs is 1. The van der Waals surface area contributed by atoms with Gasteiger partial charge in [0, 0.05) is 29.2 Å². The number of rotatable bonds is 5. The molecule has 0 aliphatic heterocycles. The predicted octanol–water partition coefficient (Wildman–Crippen LogP) is 4.45. The third kappa shape index (κ3) is 3.17. The normalized spacial score (nSPS) is 14.2. The summed E-state index contributed by atoms with van der Waals surface area (Å²) in [6.07, 6.45) is 3.16. The van der Waals surface area contributed by atoms with E-state index >= 15 is 0 Å². The molecule has 1 aromatic heterocycles. The topological polar surface area (TPSA) is 27.8 Å². The van der Waals surface area contributed by atoms with Gasteiger partial charge in [0.1, 0.15) is 0 Å². The molecule has 0 amide bonds. The van der Waals surface area contributed by atoms with Gasteiger partial charge in [-0.05, 0) is 37.5 Å². The maximum absolute atomic E-state index is 3.69. The molecule has 0 aliphatic carbocycles. The number of hydrogen-bond acceptors (Lipinski definition) is 1. The molecule has 0 saturated carbocycles. The highest BCUT2D eigenvalue weighted by Crippen LogP contribution is 2.20. The highest BCUT2D eigenvalue weighted by atomic mass is 14.9. The average Bonchev–Trinajstić information content (AvgIpc) is 2.91. The quantitative estimate of drug-likeness (QED) is 0.709. The van der Waals surface area contributed by atoms with E-state index in [4.69, 9.17) is 0 Å². The summed E-state index contributed by atoms with van der Waals surface area (Å²) in [5.74, 6) is 0. The molecular formula is C19H22N2. The van der Waals surface area contributed by atoms with Crippen LogP contribution in [0.1, 0.15) is 31.0 Å². The summed E-state index contributed by atoms with van der Waals surface area (Å²) >= 11 is 0. The van der Waals surface area contributed by atoms with Crippen molar-refractivity contribution >= 4 is 10.9 Å². The molecule has 21 heavy (non-hydrogen) atoms. The Bertz CT molecular complexity index is 700. The van der Waals surface area contributed by atoms with Gasteiger partial charge in [0.25, 0.3) is 0 Å². The van der Waals surface area contributed by atoms with Gasteiger partial charge < -0.3 is 10.3 Å². The minimum absolute atomic E-state index is 0.367. The van der Waals surface area contributed by atoms with Crippen molar-refractivity contribution in [3.63, 3.8) is 0 Å². The van der Waals surface area contributed by atoms with Gasteiger partial charge in [0.15, 0.2) is 0 Å². The van der Waals surface area contributed by atoms with Crippen molar-refractivity contribution in [1.82, 2.24) is 10.3 Å². The van der Waals surface area contributed by atoms with Crippen molar-refractivity contribution in [1.29, 1.82) is 0 Å². The Kier molecular flexibility index (Phi) is 4.07. The highest BCUT2D eigenvalue weighted by Gasteiger charge is 2.11. The molecular weight excluding hydrogens is 256 g/mol. The molecule has 3 aromatic rings. The molecule has 0 radical (unpaired) electrons. The maximum atomic E-state index is 3.69. The molecule has 1 heterocycles. The number of para-hydroxylation sites is 1. The second kappa shape index (κ2) is 6.15. The fourth-order valence-electron chi connectivity index (χ4n) is 2.95. The van der Waals surface area contributed by atoms with Crippen LogP contribution < -0.4 is 5.32 Å². The molecule has 2 N–H and O–H groups in total. The van der Waals surface area contributed by atoms with E-state index in [1.165, 1.54) is 22.0 Å². The van der Waals surface area contributed by atoms with Crippen molar-refractivity contribution < 1.29 is 0 Å². The van der Waals surface area contributed by atoms with Gasteiger partial charge in [-0.15, -0.1) is 0 Å². The summed E-state index contributed by atoms with van der Waals surface area (Å²) in [6, 6.07) is 19.9. The molecule has 0 aliphatic rings. The van der Waals surface area contributed by atoms with E-state index in [0.29, 0.717) is 12.1 Å². The van der Waals surface area contributed by atoms with Gasteiger partial charge in [-0.1, -0.05) is 48.5 Å². The number of H-pyrrole nitrogens is 1. The van der Waals surface area contributed by atoms with Crippen molar-refractivity contribution in [2.45, 2.75) is 32.4 Å². The van der Waals surface area contributed by atoms with Gasteiger partial charge in [-0.2, -0.15) is 0 Å². The second-order valence-electron chi connectivity index (χ2n) is 5.76. The van der Waals surface area contributed by atoms with Crippen molar-refractivity contribution in [2.75, 3.05) is 0 Å². The van der Waals surface area contributed by atoms with Crippen LogP contribution >= 0.6 is 0 Å². The zero-order valence-corrected chi connectivity index (χ0v) is 12.6. The summed E-state index contributed by atoms with van der Waals surface area (Å²) in [4.78, 5) is 3.35. The molecule has 2 heteroatoms. The summed E-state index contributed by atoms with van der Waals surface area (Å²) < 4.78 is 0. The van der Waals surface area contributed by atoms with E-state index in [0.717, 1.165) is 6.42 Å². The SMILES string of the molecule is C[C@H](Cc1c[nH]c2ccccc12)N[C@H](C)c1ccccc1.